The van der Waals surface area contributed by atoms with E-state index in [1.165, 1.54) is 0 Å². The summed E-state index contributed by atoms with van der Waals surface area (Å²) in [5, 5.41) is 3.31. The molecule has 1 atom stereocenters. The maximum absolute atomic E-state index is 11.6. The molecule has 0 saturated heterocycles. The third kappa shape index (κ3) is 3.19. The highest BCUT2D eigenvalue weighted by molar-refractivity contribution is 9.10. The Balaban J connectivity index is 2.81. The van der Waals surface area contributed by atoms with Crippen LogP contribution in [0.1, 0.15) is 6.92 Å². The Morgan fingerprint density at radius 3 is 2.93 bits per heavy atom. The van der Waals surface area contributed by atoms with Gasteiger partial charge in [-0.05, 0) is 28.1 Å². The summed E-state index contributed by atoms with van der Waals surface area (Å²) in [6.45, 7) is 2.10. The minimum absolute atomic E-state index is 0.111. The highest BCUT2D eigenvalue weighted by Crippen LogP contribution is 2.30. The lowest BCUT2D eigenvalue weighted by atomic mass is 10.1. The Hall–Kier alpha value is -0.580. The number of rotatable bonds is 3. The third-order valence-corrected chi connectivity index (χ3v) is 3.41. The predicted molar refractivity (Wildman–Crippen MR) is 66.0 cm³/mol. The number of hydrogen-bond acceptors (Lipinski definition) is 2. The van der Waals surface area contributed by atoms with Crippen molar-refractivity contribution in [2.45, 2.75) is 6.92 Å². The minimum atomic E-state index is -0.212. The smallest absolute Gasteiger partial charge is 0.228 e. The second-order valence-corrected chi connectivity index (χ2v) is 4.43. The van der Waals surface area contributed by atoms with Gasteiger partial charge < -0.3 is 11.1 Å². The molecule has 3 nitrogen and oxygen atoms in total. The number of benzene rings is 1. The SMILES string of the molecule is CC(CN)C(=O)Nc1cccc(Cl)c1Br. The van der Waals surface area contributed by atoms with Gasteiger partial charge in [0.15, 0.2) is 0 Å². The lowest BCUT2D eigenvalue weighted by Gasteiger charge is -2.11. The maximum atomic E-state index is 11.6. The molecule has 0 aliphatic heterocycles. The molecule has 1 unspecified atom stereocenters. The molecule has 1 aromatic rings. The van der Waals surface area contributed by atoms with Crippen LogP contribution in [-0.4, -0.2) is 12.5 Å². The van der Waals surface area contributed by atoms with Crippen LogP contribution in [0.3, 0.4) is 0 Å². The Kier molecular flexibility index (Phi) is 4.57. The van der Waals surface area contributed by atoms with Crippen LogP contribution in [0.15, 0.2) is 22.7 Å². The fourth-order valence-electron chi connectivity index (χ4n) is 0.963. The van der Waals surface area contributed by atoms with Crippen molar-refractivity contribution >= 4 is 39.1 Å². The Bertz CT molecular complexity index is 370. The van der Waals surface area contributed by atoms with Gasteiger partial charge in [0.2, 0.25) is 5.91 Å². The van der Waals surface area contributed by atoms with E-state index in [-0.39, 0.29) is 11.8 Å². The van der Waals surface area contributed by atoms with Crippen LogP contribution in [0, 0.1) is 5.92 Å². The van der Waals surface area contributed by atoms with Crippen molar-refractivity contribution < 1.29 is 4.79 Å². The molecule has 0 heterocycles. The minimum Gasteiger partial charge on any atom is -0.330 e. The molecule has 1 rings (SSSR count). The first kappa shape index (κ1) is 12.5. The molecule has 0 fully saturated rings. The van der Waals surface area contributed by atoms with Gasteiger partial charge in [-0.25, -0.2) is 0 Å². The Labute approximate surface area is 102 Å². The van der Waals surface area contributed by atoms with Crippen LogP contribution < -0.4 is 11.1 Å². The monoisotopic (exact) mass is 290 g/mol. The van der Waals surface area contributed by atoms with Crippen LogP contribution in [-0.2, 0) is 4.79 Å². The number of carbonyl (C=O) groups excluding carboxylic acids is 1. The molecule has 3 N–H and O–H groups in total. The van der Waals surface area contributed by atoms with E-state index in [0.29, 0.717) is 21.7 Å². The van der Waals surface area contributed by atoms with Crippen molar-refractivity contribution in [3.63, 3.8) is 0 Å². The van der Waals surface area contributed by atoms with Gasteiger partial charge in [0, 0.05) is 12.5 Å². The first-order valence-electron chi connectivity index (χ1n) is 4.51. The highest BCUT2D eigenvalue weighted by Gasteiger charge is 2.12. The van der Waals surface area contributed by atoms with Crippen LogP contribution in [0.25, 0.3) is 0 Å². The van der Waals surface area contributed by atoms with Gasteiger partial charge in [-0.1, -0.05) is 24.6 Å². The molecule has 82 valence electrons. The average Bonchev–Trinajstić information content (AvgIpc) is 2.23. The Morgan fingerprint density at radius 2 is 2.33 bits per heavy atom. The van der Waals surface area contributed by atoms with Crippen LogP contribution >= 0.6 is 27.5 Å². The predicted octanol–water partition coefficient (Wildman–Crippen LogP) is 2.64. The maximum Gasteiger partial charge on any atom is 0.228 e. The van der Waals surface area contributed by atoms with E-state index >= 15 is 0 Å². The number of nitrogens with two attached hydrogens (primary N) is 1. The first-order valence-corrected chi connectivity index (χ1v) is 5.68. The molecular formula is C10H12BrClN2O. The standard InChI is InChI=1S/C10H12BrClN2O/c1-6(5-13)10(15)14-8-4-2-3-7(12)9(8)11/h2-4,6H,5,13H2,1H3,(H,14,15). The second kappa shape index (κ2) is 5.49. The van der Waals surface area contributed by atoms with Crippen molar-refractivity contribution in [1.29, 1.82) is 0 Å². The van der Waals surface area contributed by atoms with E-state index in [1.807, 2.05) is 0 Å². The van der Waals surface area contributed by atoms with Gasteiger partial charge in [0.25, 0.3) is 0 Å². The lowest BCUT2D eigenvalue weighted by Crippen LogP contribution is -2.26. The van der Waals surface area contributed by atoms with Crippen molar-refractivity contribution in [1.82, 2.24) is 0 Å². The topological polar surface area (TPSA) is 55.1 Å². The summed E-state index contributed by atoms with van der Waals surface area (Å²) in [6, 6.07) is 5.29. The summed E-state index contributed by atoms with van der Waals surface area (Å²) in [6.07, 6.45) is 0. The van der Waals surface area contributed by atoms with Crippen LogP contribution in [0.2, 0.25) is 5.02 Å². The van der Waals surface area contributed by atoms with Gasteiger partial charge in [-0.15, -0.1) is 0 Å². The average molecular weight is 292 g/mol. The number of amides is 1. The molecule has 0 aliphatic carbocycles. The summed E-state index contributed by atoms with van der Waals surface area (Å²) in [5.74, 6) is -0.323. The van der Waals surface area contributed by atoms with Crippen molar-refractivity contribution in [2.24, 2.45) is 11.7 Å². The molecule has 1 amide bonds. The zero-order chi connectivity index (χ0) is 11.4. The summed E-state index contributed by atoms with van der Waals surface area (Å²) >= 11 is 9.19. The lowest BCUT2D eigenvalue weighted by molar-refractivity contribution is -0.119. The van der Waals surface area contributed by atoms with E-state index in [0.717, 1.165) is 0 Å². The largest absolute Gasteiger partial charge is 0.330 e. The van der Waals surface area contributed by atoms with Gasteiger partial charge in [0.1, 0.15) is 0 Å². The molecule has 0 spiro atoms. The molecule has 0 aromatic heterocycles. The Morgan fingerprint density at radius 1 is 1.67 bits per heavy atom. The number of anilines is 1. The molecule has 5 heteroatoms. The normalized spacial score (nSPS) is 12.3. The molecule has 0 radical (unpaired) electrons. The third-order valence-electron chi connectivity index (χ3n) is 2.01. The van der Waals surface area contributed by atoms with Gasteiger partial charge in [0.05, 0.1) is 15.2 Å². The van der Waals surface area contributed by atoms with Crippen molar-refractivity contribution in [2.75, 3.05) is 11.9 Å². The molecule has 0 saturated carbocycles. The molecule has 1 aromatic carbocycles. The summed E-state index contributed by atoms with van der Waals surface area (Å²) < 4.78 is 0.684. The van der Waals surface area contributed by atoms with E-state index in [1.54, 1.807) is 25.1 Å². The van der Waals surface area contributed by atoms with Gasteiger partial charge >= 0.3 is 0 Å². The quantitative estimate of drug-likeness (QED) is 0.899. The fourth-order valence-corrected chi connectivity index (χ4v) is 1.50. The fraction of sp³-hybridized carbons (Fsp3) is 0.300. The van der Waals surface area contributed by atoms with Crippen LogP contribution in [0.4, 0.5) is 5.69 Å². The number of halogens is 2. The van der Waals surface area contributed by atoms with Crippen molar-refractivity contribution in [3.05, 3.63) is 27.7 Å². The zero-order valence-corrected chi connectivity index (χ0v) is 10.6. The summed E-state index contributed by atoms with van der Waals surface area (Å²) in [4.78, 5) is 11.6. The van der Waals surface area contributed by atoms with E-state index < -0.39 is 0 Å². The highest BCUT2D eigenvalue weighted by atomic mass is 79.9. The summed E-state index contributed by atoms with van der Waals surface area (Å²) in [7, 11) is 0. The zero-order valence-electron chi connectivity index (χ0n) is 8.26. The molecule has 0 bridgehead atoms. The number of hydrogen-bond donors (Lipinski definition) is 2. The molecule has 0 aliphatic rings. The molecule has 15 heavy (non-hydrogen) atoms. The van der Waals surface area contributed by atoms with E-state index in [9.17, 15) is 4.79 Å². The molecular weight excluding hydrogens is 279 g/mol. The summed E-state index contributed by atoms with van der Waals surface area (Å²) in [5.41, 5.74) is 6.06. The second-order valence-electron chi connectivity index (χ2n) is 3.23. The number of carbonyl (C=O) groups is 1. The van der Waals surface area contributed by atoms with E-state index in [2.05, 4.69) is 21.2 Å². The van der Waals surface area contributed by atoms with Gasteiger partial charge in [-0.3, -0.25) is 4.79 Å². The van der Waals surface area contributed by atoms with Gasteiger partial charge in [-0.2, -0.15) is 0 Å². The van der Waals surface area contributed by atoms with Crippen LogP contribution in [0.5, 0.6) is 0 Å². The number of nitrogens with one attached hydrogen (secondary N) is 1. The van der Waals surface area contributed by atoms with E-state index in [4.69, 9.17) is 17.3 Å². The first-order chi connectivity index (χ1) is 7.06. The van der Waals surface area contributed by atoms with Crippen molar-refractivity contribution in [3.8, 4) is 0 Å².